The van der Waals surface area contributed by atoms with Crippen LogP contribution in [0.4, 0.5) is 0 Å². The van der Waals surface area contributed by atoms with Gasteiger partial charge < -0.3 is 9.84 Å². The summed E-state index contributed by atoms with van der Waals surface area (Å²) >= 11 is 0. The van der Waals surface area contributed by atoms with E-state index in [1.54, 1.807) is 7.11 Å². The van der Waals surface area contributed by atoms with Crippen molar-refractivity contribution in [1.29, 1.82) is 0 Å². The second kappa shape index (κ2) is 7.06. The number of aryl methyl sites for hydroxylation is 1. The van der Waals surface area contributed by atoms with Gasteiger partial charge in [0, 0.05) is 13.7 Å². The SMILES string of the molecule is COCC(C)CC(O)CC1CCCc2ccccc21. The van der Waals surface area contributed by atoms with Gasteiger partial charge in [-0.1, -0.05) is 31.2 Å². The van der Waals surface area contributed by atoms with Gasteiger partial charge in [-0.3, -0.25) is 0 Å². The molecule has 19 heavy (non-hydrogen) atoms. The molecule has 0 saturated heterocycles. The lowest BCUT2D eigenvalue weighted by molar-refractivity contribution is 0.0906. The van der Waals surface area contributed by atoms with Crippen molar-refractivity contribution >= 4 is 0 Å². The van der Waals surface area contributed by atoms with Crippen LogP contribution in [0.5, 0.6) is 0 Å². The second-order valence-electron chi connectivity index (χ2n) is 5.97. The molecule has 0 heterocycles. The lowest BCUT2D eigenvalue weighted by Gasteiger charge is -2.28. The van der Waals surface area contributed by atoms with Gasteiger partial charge in [0.25, 0.3) is 0 Å². The Morgan fingerprint density at radius 3 is 2.95 bits per heavy atom. The smallest absolute Gasteiger partial charge is 0.0549 e. The third-order valence-corrected chi connectivity index (χ3v) is 4.18. The first-order valence-electron chi connectivity index (χ1n) is 7.45. The molecular formula is C17H26O2. The van der Waals surface area contributed by atoms with Crippen molar-refractivity contribution in [3.8, 4) is 0 Å². The summed E-state index contributed by atoms with van der Waals surface area (Å²) in [6.07, 6.45) is 5.19. The van der Waals surface area contributed by atoms with Crippen LogP contribution in [0, 0.1) is 5.92 Å². The molecule has 0 fully saturated rings. The van der Waals surface area contributed by atoms with E-state index in [2.05, 4.69) is 31.2 Å². The number of hydrogen-bond donors (Lipinski definition) is 1. The largest absolute Gasteiger partial charge is 0.393 e. The van der Waals surface area contributed by atoms with Crippen molar-refractivity contribution in [2.75, 3.05) is 13.7 Å². The summed E-state index contributed by atoms with van der Waals surface area (Å²) in [5.74, 6) is 0.966. The molecule has 1 aliphatic rings. The van der Waals surface area contributed by atoms with Gasteiger partial charge in [-0.05, 0) is 55.1 Å². The fourth-order valence-corrected chi connectivity index (χ4v) is 3.34. The molecule has 0 aliphatic heterocycles. The van der Waals surface area contributed by atoms with Gasteiger partial charge in [-0.25, -0.2) is 0 Å². The molecule has 1 aromatic carbocycles. The number of hydrogen-bond acceptors (Lipinski definition) is 2. The molecule has 0 bridgehead atoms. The van der Waals surface area contributed by atoms with Gasteiger partial charge >= 0.3 is 0 Å². The predicted octanol–water partition coefficient (Wildman–Crippen LogP) is 3.53. The molecule has 0 radical (unpaired) electrons. The highest BCUT2D eigenvalue weighted by Crippen LogP contribution is 2.35. The lowest BCUT2D eigenvalue weighted by Crippen LogP contribution is -2.20. The predicted molar refractivity (Wildman–Crippen MR) is 78.4 cm³/mol. The van der Waals surface area contributed by atoms with Crippen molar-refractivity contribution in [3.63, 3.8) is 0 Å². The van der Waals surface area contributed by atoms with Crippen LogP contribution in [-0.4, -0.2) is 24.9 Å². The number of ether oxygens (including phenoxy) is 1. The van der Waals surface area contributed by atoms with Crippen LogP contribution < -0.4 is 0 Å². The first-order valence-corrected chi connectivity index (χ1v) is 7.45. The Morgan fingerprint density at radius 1 is 1.37 bits per heavy atom. The first kappa shape index (κ1) is 14.5. The Kier molecular flexibility index (Phi) is 5.41. The molecule has 2 nitrogen and oxygen atoms in total. The number of rotatable bonds is 6. The molecule has 1 aliphatic carbocycles. The van der Waals surface area contributed by atoms with E-state index in [-0.39, 0.29) is 6.10 Å². The topological polar surface area (TPSA) is 29.5 Å². The van der Waals surface area contributed by atoms with Crippen molar-refractivity contribution < 1.29 is 9.84 Å². The molecule has 0 aromatic heterocycles. The van der Waals surface area contributed by atoms with Crippen LogP contribution in [0.3, 0.4) is 0 Å². The van der Waals surface area contributed by atoms with Gasteiger partial charge in [-0.15, -0.1) is 0 Å². The van der Waals surface area contributed by atoms with E-state index in [9.17, 15) is 5.11 Å². The number of methoxy groups -OCH3 is 1. The molecule has 2 rings (SSSR count). The maximum absolute atomic E-state index is 10.3. The Hall–Kier alpha value is -0.860. The molecule has 2 heteroatoms. The zero-order valence-corrected chi connectivity index (χ0v) is 12.1. The minimum Gasteiger partial charge on any atom is -0.393 e. The summed E-state index contributed by atoms with van der Waals surface area (Å²) in [5.41, 5.74) is 2.95. The van der Waals surface area contributed by atoms with Crippen LogP contribution in [0.2, 0.25) is 0 Å². The Labute approximate surface area is 116 Å². The van der Waals surface area contributed by atoms with Gasteiger partial charge in [0.15, 0.2) is 0 Å². The summed E-state index contributed by atoms with van der Waals surface area (Å²) in [7, 11) is 1.72. The summed E-state index contributed by atoms with van der Waals surface area (Å²) in [5, 5.41) is 10.3. The number of aliphatic hydroxyl groups is 1. The lowest BCUT2D eigenvalue weighted by atomic mass is 9.79. The second-order valence-corrected chi connectivity index (χ2v) is 5.97. The number of benzene rings is 1. The number of fused-ring (bicyclic) bond motifs is 1. The molecule has 106 valence electrons. The van der Waals surface area contributed by atoms with E-state index in [0.717, 1.165) is 19.4 Å². The van der Waals surface area contributed by atoms with E-state index in [1.807, 2.05) is 0 Å². The highest BCUT2D eigenvalue weighted by Gasteiger charge is 2.23. The molecule has 0 spiro atoms. The molecule has 3 unspecified atom stereocenters. The van der Waals surface area contributed by atoms with E-state index >= 15 is 0 Å². The Morgan fingerprint density at radius 2 is 2.16 bits per heavy atom. The number of aliphatic hydroxyl groups excluding tert-OH is 1. The summed E-state index contributed by atoms with van der Waals surface area (Å²) in [4.78, 5) is 0. The Bertz CT molecular complexity index is 389. The first-order chi connectivity index (χ1) is 9.20. The van der Waals surface area contributed by atoms with Gasteiger partial charge in [-0.2, -0.15) is 0 Å². The summed E-state index contributed by atoms with van der Waals surface area (Å²) < 4.78 is 5.14. The highest BCUT2D eigenvalue weighted by atomic mass is 16.5. The molecule has 0 saturated carbocycles. The maximum Gasteiger partial charge on any atom is 0.0549 e. The van der Waals surface area contributed by atoms with E-state index in [4.69, 9.17) is 4.74 Å². The van der Waals surface area contributed by atoms with Crippen LogP contribution in [0.15, 0.2) is 24.3 Å². The van der Waals surface area contributed by atoms with E-state index in [0.29, 0.717) is 11.8 Å². The van der Waals surface area contributed by atoms with Gasteiger partial charge in [0.2, 0.25) is 0 Å². The zero-order chi connectivity index (χ0) is 13.7. The fourth-order valence-electron chi connectivity index (χ4n) is 3.34. The van der Waals surface area contributed by atoms with E-state index in [1.165, 1.54) is 30.4 Å². The van der Waals surface area contributed by atoms with Crippen LogP contribution in [0.1, 0.15) is 49.7 Å². The standard InChI is InChI=1S/C17H26O2/c1-13(12-19-2)10-16(18)11-15-8-5-7-14-6-3-4-9-17(14)15/h3-4,6,9,13,15-16,18H,5,7-8,10-12H2,1-2H3. The van der Waals surface area contributed by atoms with Crippen LogP contribution in [0.25, 0.3) is 0 Å². The van der Waals surface area contributed by atoms with Crippen molar-refractivity contribution in [2.24, 2.45) is 5.92 Å². The van der Waals surface area contributed by atoms with Crippen molar-refractivity contribution in [2.45, 2.75) is 51.0 Å². The average Bonchev–Trinajstić information content (AvgIpc) is 2.39. The Balaban J connectivity index is 1.93. The molecule has 0 amide bonds. The van der Waals surface area contributed by atoms with E-state index < -0.39 is 0 Å². The third kappa shape index (κ3) is 4.05. The monoisotopic (exact) mass is 262 g/mol. The van der Waals surface area contributed by atoms with Gasteiger partial charge in [0.1, 0.15) is 0 Å². The minimum atomic E-state index is -0.207. The summed E-state index contributed by atoms with van der Waals surface area (Å²) in [6, 6.07) is 8.72. The summed E-state index contributed by atoms with van der Waals surface area (Å²) in [6.45, 7) is 2.87. The highest BCUT2D eigenvalue weighted by molar-refractivity contribution is 5.32. The average molecular weight is 262 g/mol. The maximum atomic E-state index is 10.3. The van der Waals surface area contributed by atoms with Crippen LogP contribution >= 0.6 is 0 Å². The van der Waals surface area contributed by atoms with Crippen molar-refractivity contribution in [3.05, 3.63) is 35.4 Å². The molecule has 1 aromatic rings. The fraction of sp³-hybridized carbons (Fsp3) is 0.647. The van der Waals surface area contributed by atoms with Gasteiger partial charge in [0.05, 0.1) is 6.10 Å². The quantitative estimate of drug-likeness (QED) is 0.850. The van der Waals surface area contributed by atoms with Crippen molar-refractivity contribution in [1.82, 2.24) is 0 Å². The third-order valence-electron chi connectivity index (χ3n) is 4.18. The molecular weight excluding hydrogens is 236 g/mol. The molecule has 1 N–H and O–H groups in total. The minimum absolute atomic E-state index is 0.207. The normalized spacial score (nSPS) is 21.7. The molecule has 3 atom stereocenters. The van der Waals surface area contributed by atoms with Crippen LogP contribution in [-0.2, 0) is 11.2 Å². The zero-order valence-electron chi connectivity index (χ0n) is 12.1.